The third kappa shape index (κ3) is 1.80. The van der Waals surface area contributed by atoms with E-state index < -0.39 is 6.10 Å². The van der Waals surface area contributed by atoms with Crippen molar-refractivity contribution in [3.8, 4) is 0 Å². The zero-order valence-electron chi connectivity index (χ0n) is 6.60. The quantitative estimate of drug-likeness (QED) is 0.540. The molecule has 0 spiro atoms. The Morgan fingerprint density at radius 1 is 1.42 bits per heavy atom. The second-order valence-electron chi connectivity index (χ2n) is 2.51. The van der Waals surface area contributed by atoms with Crippen molar-refractivity contribution in [2.45, 2.75) is 6.10 Å². The highest BCUT2D eigenvalue weighted by atomic mass is 16.3. The highest BCUT2D eigenvalue weighted by Crippen LogP contribution is 2.17. The van der Waals surface area contributed by atoms with Crippen molar-refractivity contribution in [1.82, 2.24) is 0 Å². The normalized spacial score (nSPS) is 12.1. The summed E-state index contributed by atoms with van der Waals surface area (Å²) in [5.41, 5.74) is 0.871. The summed E-state index contributed by atoms with van der Waals surface area (Å²) < 4.78 is 0. The van der Waals surface area contributed by atoms with E-state index in [-0.39, 0.29) is 5.57 Å². The SMILES string of the molecule is C=C(C=O)C(O)c1ccccc1. The Balaban J connectivity index is 2.85. The van der Waals surface area contributed by atoms with Crippen molar-refractivity contribution < 1.29 is 9.90 Å². The van der Waals surface area contributed by atoms with Crippen LogP contribution in [0.3, 0.4) is 0 Å². The molecule has 12 heavy (non-hydrogen) atoms. The lowest BCUT2D eigenvalue weighted by molar-refractivity contribution is -0.105. The lowest BCUT2D eigenvalue weighted by Crippen LogP contribution is -2.00. The number of benzene rings is 1. The van der Waals surface area contributed by atoms with Gasteiger partial charge in [-0.15, -0.1) is 0 Å². The Labute approximate surface area is 71.2 Å². The van der Waals surface area contributed by atoms with Crippen molar-refractivity contribution in [1.29, 1.82) is 0 Å². The van der Waals surface area contributed by atoms with Crippen LogP contribution in [0.5, 0.6) is 0 Å². The first kappa shape index (κ1) is 8.68. The van der Waals surface area contributed by atoms with E-state index in [0.717, 1.165) is 0 Å². The Bertz CT molecular complexity index is 277. The smallest absolute Gasteiger partial charge is 0.148 e. The van der Waals surface area contributed by atoms with Crippen LogP contribution in [0.2, 0.25) is 0 Å². The number of hydrogen-bond acceptors (Lipinski definition) is 2. The van der Waals surface area contributed by atoms with Gasteiger partial charge in [0.05, 0.1) is 0 Å². The summed E-state index contributed by atoms with van der Waals surface area (Å²) in [4.78, 5) is 10.3. The number of aliphatic hydroxyl groups excluding tert-OH is 1. The van der Waals surface area contributed by atoms with Gasteiger partial charge in [-0.05, 0) is 5.56 Å². The summed E-state index contributed by atoms with van der Waals surface area (Å²) in [5, 5.41) is 9.46. The maximum Gasteiger partial charge on any atom is 0.148 e. The first-order valence-corrected chi connectivity index (χ1v) is 3.62. The number of carbonyl (C=O) groups excluding carboxylic acids is 1. The van der Waals surface area contributed by atoms with E-state index >= 15 is 0 Å². The topological polar surface area (TPSA) is 37.3 Å². The average Bonchev–Trinajstić information content (AvgIpc) is 2.17. The molecule has 0 amide bonds. The maximum absolute atomic E-state index is 10.3. The van der Waals surface area contributed by atoms with Crippen LogP contribution in [0.1, 0.15) is 11.7 Å². The second-order valence-corrected chi connectivity index (χ2v) is 2.51. The van der Waals surface area contributed by atoms with Gasteiger partial charge in [0.15, 0.2) is 0 Å². The molecule has 1 rings (SSSR count). The summed E-state index contributed by atoms with van der Waals surface area (Å²) in [6, 6.07) is 8.95. The molecule has 0 fully saturated rings. The van der Waals surface area contributed by atoms with Crippen molar-refractivity contribution in [3.05, 3.63) is 48.0 Å². The fourth-order valence-corrected chi connectivity index (χ4v) is 0.914. The Morgan fingerprint density at radius 3 is 2.50 bits per heavy atom. The van der Waals surface area contributed by atoms with Crippen LogP contribution < -0.4 is 0 Å². The van der Waals surface area contributed by atoms with Crippen LogP contribution in [-0.2, 0) is 4.79 Å². The van der Waals surface area contributed by atoms with Gasteiger partial charge >= 0.3 is 0 Å². The Kier molecular flexibility index (Phi) is 2.77. The van der Waals surface area contributed by atoms with Crippen LogP contribution in [0.4, 0.5) is 0 Å². The molecule has 0 heterocycles. The molecule has 62 valence electrons. The van der Waals surface area contributed by atoms with E-state index in [2.05, 4.69) is 6.58 Å². The number of hydrogen-bond donors (Lipinski definition) is 1. The van der Waals surface area contributed by atoms with Gasteiger partial charge in [0.1, 0.15) is 12.4 Å². The van der Waals surface area contributed by atoms with Gasteiger partial charge in [0.2, 0.25) is 0 Å². The number of rotatable bonds is 3. The van der Waals surface area contributed by atoms with Gasteiger partial charge in [-0.1, -0.05) is 36.9 Å². The van der Waals surface area contributed by atoms with Crippen LogP contribution in [0.25, 0.3) is 0 Å². The number of carbonyl (C=O) groups is 1. The van der Waals surface area contributed by atoms with E-state index in [9.17, 15) is 9.90 Å². The minimum atomic E-state index is -0.872. The highest BCUT2D eigenvalue weighted by Gasteiger charge is 2.08. The average molecular weight is 162 g/mol. The number of aldehydes is 1. The molecule has 2 heteroatoms. The van der Waals surface area contributed by atoms with Crippen molar-refractivity contribution in [3.63, 3.8) is 0 Å². The van der Waals surface area contributed by atoms with Crippen molar-refractivity contribution in [2.75, 3.05) is 0 Å². The minimum Gasteiger partial charge on any atom is -0.384 e. The molecule has 2 nitrogen and oxygen atoms in total. The Hall–Kier alpha value is -1.41. The first-order chi connectivity index (χ1) is 5.75. The molecular formula is C10H10O2. The zero-order valence-corrected chi connectivity index (χ0v) is 6.60. The molecule has 0 saturated heterocycles. The second kappa shape index (κ2) is 3.83. The van der Waals surface area contributed by atoms with Crippen LogP contribution >= 0.6 is 0 Å². The minimum absolute atomic E-state index is 0.182. The van der Waals surface area contributed by atoms with Crippen LogP contribution in [0.15, 0.2) is 42.5 Å². The highest BCUT2D eigenvalue weighted by molar-refractivity contribution is 5.74. The van der Waals surface area contributed by atoms with Gasteiger partial charge < -0.3 is 5.11 Å². The summed E-state index contributed by atoms with van der Waals surface area (Å²) in [6.07, 6.45) is -0.304. The summed E-state index contributed by atoms with van der Waals surface area (Å²) in [5.74, 6) is 0. The molecular weight excluding hydrogens is 152 g/mol. The molecule has 0 aromatic heterocycles. The molecule has 1 N–H and O–H groups in total. The van der Waals surface area contributed by atoms with E-state index in [4.69, 9.17) is 0 Å². The van der Waals surface area contributed by atoms with E-state index in [1.807, 2.05) is 6.07 Å². The van der Waals surface area contributed by atoms with Crippen molar-refractivity contribution >= 4 is 6.29 Å². The van der Waals surface area contributed by atoms with E-state index in [1.165, 1.54) is 0 Å². The zero-order chi connectivity index (χ0) is 8.97. The largest absolute Gasteiger partial charge is 0.384 e. The maximum atomic E-state index is 10.3. The molecule has 0 aliphatic rings. The molecule has 1 atom stereocenters. The summed E-state index contributed by atoms with van der Waals surface area (Å²) >= 11 is 0. The molecule has 1 unspecified atom stereocenters. The molecule has 0 saturated carbocycles. The van der Waals surface area contributed by atoms with Gasteiger partial charge in [-0.3, -0.25) is 4.79 Å². The van der Waals surface area contributed by atoms with Crippen LogP contribution in [-0.4, -0.2) is 11.4 Å². The fraction of sp³-hybridized carbons (Fsp3) is 0.100. The third-order valence-corrected chi connectivity index (χ3v) is 1.62. The van der Waals surface area contributed by atoms with Gasteiger partial charge in [0.25, 0.3) is 0 Å². The van der Waals surface area contributed by atoms with Crippen molar-refractivity contribution in [2.24, 2.45) is 0 Å². The molecule has 0 aliphatic carbocycles. The lowest BCUT2D eigenvalue weighted by atomic mass is 10.0. The molecule has 0 bridgehead atoms. The monoisotopic (exact) mass is 162 g/mol. The van der Waals surface area contributed by atoms with E-state index in [0.29, 0.717) is 11.8 Å². The molecule has 0 radical (unpaired) electrons. The summed E-state index contributed by atoms with van der Waals surface area (Å²) in [6.45, 7) is 3.43. The fourth-order valence-electron chi connectivity index (χ4n) is 0.914. The summed E-state index contributed by atoms with van der Waals surface area (Å²) in [7, 11) is 0. The third-order valence-electron chi connectivity index (χ3n) is 1.62. The van der Waals surface area contributed by atoms with Crippen LogP contribution in [0, 0.1) is 0 Å². The lowest BCUT2D eigenvalue weighted by Gasteiger charge is -2.08. The van der Waals surface area contributed by atoms with Gasteiger partial charge in [0, 0.05) is 5.57 Å². The predicted octanol–water partition coefficient (Wildman–Crippen LogP) is 1.48. The first-order valence-electron chi connectivity index (χ1n) is 3.62. The molecule has 1 aromatic carbocycles. The standard InChI is InChI=1S/C10H10O2/c1-8(7-11)10(12)9-5-3-2-4-6-9/h2-7,10,12H,1H2. The molecule has 1 aromatic rings. The number of aliphatic hydroxyl groups is 1. The molecule has 0 aliphatic heterocycles. The van der Waals surface area contributed by atoms with E-state index in [1.54, 1.807) is 24.3 Å². The van der Waals surface area contributed by atoms with Gasteiger partial charge in [-0.25, -0.2) is 0 Å². The predicted molar refractivity (Wildman–Crippen MR) is 46.6 cm³/mol. The van der Waals surface area contributed by atoms with Gasteiger partial charge in [-0.2, -0.15) is 0 Å². The Morgan fingerprint density at radius 2 is 2.00 bits per heavy atom.